The number of nitrogens with one attached hydrogen (secondary N) is 1. The van der Waals surface area contributed by atoms with Gasteiger partial charge in [-0.2, -0.15) is 0 Å². The molecule has 0 aromatic carbocycles. The Hall–Kier alpha value is -2.41. The number of pyridine rings is 1. The van der Waals surface area contributed by atoms with E-state index in [1.54, 1.807) is 33.0 Å². The Morgan fingerprint density at radius 1 is 1.36 bits per heavy atom. The van der Waals surface area contributed by atoms with E-state index < -0.39 is 11.9 Å². The molecule has 7 heteroatoms. The predicted octanol–water partition coefficient (Wildman–Crippen LogP) is 2.18. The monoisotopic (exact) mass is 320 g/mol. The third kappa shape index (κ3) is 3.43. The van der Waals surface area contributed by atoms with Crippen LogP contribution in [0, 0.1) is 6.92 Å². The van der Waals surface area contributed by atoms with Crippen molar-refractivity contribution in [2.24, 2.45) is 7.05 Å². The van der Waals surface area contributed by atoms with Crippen molar-refractivity contribution >= 4 is 28.2 Å². The van der Waals surface area contributed by atoms with Crippen molar-refractivity contribution in [1.29, 1.82) is 0 Å². The van der Waals surface area contributed by atoms with Gasteiger partial charge in [0.1, 0.15) is 4.88 Å². The maximum Gasteiger partial charge on any atom is 0.348 e. The van der Waals surface area contributed by atoms with Crippen molar-refractivity contribution in [1.82, 2.24) is 4.57 Å². The average Bonchev–Trinajstić information content (AvgIpc) is 2.82. The molecule has 0 atom stereocenters. The number of rotatable bonds is 4. The lowest BCUT2D eigenvalue weighted by Crippen LogP contribution is -2.19. The van der Waals surface area contributed by atoms with Gasteiger partial charge in [-0.05, 0) is 31.5 Å². The molecule has 0 fully saturated rings. The molecule has 1 N–H and O–H groups in total. The highest BCUT2D eigenvalue weighted by molar-refractivity contribution is 7.18. The molecule has 6 nitrogen and oxygen atoms in total. The molecule has 116 valence electrons. The number of aromatic nitrogens is 1. The molecule has 22 heavy (non-hydrogen) atoms. The number of hydrogen-bond acceptors (Lipinski definition) is 5. The van der Waals surface area contributed by atoms with Crippen molar-refractivity contribution < 1.29 is 14.3 Å². The third-order valence-corrected chi connectivity index (χ3v) is 4.11. The topological polar surface area (TPSA) is 77.4 Å². The molecule has 0 radical (unpaired) electrons. The fraction of sp³-hybridized carbons (Fsp3) is 0.267. The van der Waals surface area contributed by atoms with Gasteiger partial charge in [-0.3, -0.25) is 9.59 Å². The summed E-state index contributed by atoms with van der Waals surface area (Å²) in [6.45, 7) is 3.81. The van der Waals surface area contributed by atoms with Gasteiger partial charge in [0.15, 0.2) is 0 Å². The Balaban J connectivity index is 2.18. The SMILES string of the molecule is CCOC(=O)c1sc(NC(=O)c2ccn(C)c(=O)c2)cc1C. The van der Waals surface area contributed by atoms with E-state index in [0.717, 1.165) is 16.9 Å². The fourth-order valence-electron chi connectivity index (χ4n) is 1.82. The van der Waals surface area contributed by atoms with Crippen molar-refractivity contribution in [3.8, 4) is 0 Å². The Morgan fingerprint density at radius 3 is 2.73 bits per heavy atom. The number of anilines is 1. The van der Waals surface area contributed by atoms with Crippen molar-refractivity contribution in [3.63, 3.8) is 0 Å². The van der Waals surface area contributed by atoms with Crippen molar-refractivity contribution in [2.45, 2.75) is 13.8 Å². The molecule has 0 aliphatic rings. The van der Waals surface area contributed by atoms with E-state index in [1.807, 2.05) is 0 Å². The number of hydrogen-bond donors (Lipinski definition) is 1. The molecule has 2 heterocycles. The summed E-state index contributed by atoms with van der Waals surface area (Å²) in [5, 5.41) is 3.22. The summed E-state index contributed by atoms with van der Waals surface area (Å²) in [5.41, 5.74) is 0.747. The van der Waals surface area contributed by atoms with Crippen LogP contribution in [0.4, 0.5) is 5.00 Å². The lowest BCUT2D eigenvalue weighted by atomic mass is 10.2. The van der Waals surface area contributed by atoms with Gasteiger partial charge in [-0.25, -0.2) is 4.79 Å². The minimum absolute atomic E-state index is 0.262. The molecule has 0 bridgehead atoms. The van der Waals surface area contributed by atoms with Crippen LogP contribution in [0.3, 0.4) is 0 Å². The number of carbonyl (C=O) groups is 2. The van der Waals surface area contributed by atoms with E-state index in [-0.39, 0.29) is 11.1 Å². The summed E-state index contributed by atoms with van der Waals surface area (Å²) in [6.07, 6.45) is 1.53. The Labute approximate surface area is 131 Å². The summed E-state index contributed by atoms with van der Waals surface area (Å²) in [5.74, 6) is -0.798. The quantitative estimate of drug-likeness (QED) is 0.876. The molecule has 2 rings (SSSR count). The minimum atomic E-state index is -0.404. The maximum atomic E-state index is 12.1. The Morgan fingerprint density at radius 2 is 2.09 bits per heavy atom. The lowest BCUT2D eigenvalue weighted by Gasteiger charge is -2.03. The maximum absolute atomic E-state index is 12.1. The van der Waals surface area contributed by atoms with Crippen LogP contribution in [0.2, 0.25) is 0 Å². The van der Waals surface area contributed by atoms with Crippen LogP contribution in [0.15, 0.2) is 29.2 Å². The van der Waals surface area contributed by atoms with Crippen LogP contribution in [-0.2, 0) is 11.8 Å². The van der Waals surface area contributed by atoms with Crippen molar-refractivity contribution in [2.75, 3.05) is 11.9 Å². The highest BCUT2D eigenvalue weighted by Gasteiger charge is 2.16. The number of ether oxygens (including phenoxy) is 1. The van der Waals surface area contributed by atoms with Gasteiger partial charge in [-0.1, -0.05) is 0 Å². The number of aryl methyl sites for hydroxylation is 2. The highest BCUT2D eigenvalue weighted by atomic mass is 32.1. The molecule has 1 amide bonds. The van der Waals surface area contributed by atoms with E-state index in [9.17, 15) is 14.4 Å². The van der Waals surface area contributed by atoms with Gasteiger partial charge in [0.25, 0.3) is 11.5 Å². The number of esters is 1. The van der Waals surface area contributed by atoms with Crippen LogP contribution < -0.4 is 10.9 Å². The van der Waals surface area contributed by atoms with Crippen molar-refractivity contribution in [3.05, 3.63) is 50.8 Å². The normalized spacial score (nSPS) is 10.3. The van der Waals surface area contributed by atoms with E-state index in [0.29, 0.717) is 16.5 Å². The van der Waals surface area contributed by atoms with Crippen LogP contribution in [0.25, 0.3) is 0 Å². The van der Waals surface area contributed by atoms with Crippen LogP contribution >= 0.6 is 11.3 Å². The number of thiophene rings is 1. The second-order valence-electron chi connectivity index (χ2n) is 4.66. The van der Waals surface area contributed by atoms with Crippen LogP contribution in [0.5, 0.6) is 0 Å². The molecule has 2 aromatic heterocycles. The summed E-state index contributed by atoms with van der Waals surface area (Å²) in [4.78, 5) is 35.9. The second kappa shape index (κ2) is 6.57. The first-order valence-corrected chi connectivity index (χ1v) is 7.49. The molecular formula is C15H16N2O4S. The Bertz CT molecular complexity index is 776. The lowest BCUT2D eigenvalue weighted by molar-refractivity contribution is 0.0531. The zero-order valence-electron chi connectivity index (χ0n) is 12.5. The largest absolute Gasteiger partial charge is 0.462 e. The molecule has 0 spiro atoms. The summed E-state index contributed by atoms with van der Waals surface area (Å²) < 4.78 is 6.34. The van der Waals surface area contributed by atoms with Gasteiger partial charge in [0.2, 0.25) is 0 Å². The molecule has 0 aliphatic heterocycles. The molecule has 0 saturated heterocycles. The first-order chi connectivity index (χ1) is 10.4. The smallest absolute Gasteiger partial charge is 0.348 e. The molecule has 2 aromatic rings. The van der Waals surface area contributed by atoms with E-state index in [4.69, 9.17) is 4.74 Å². The summed E-state index contributed by atoms with van der Waals surface area (Å²) in [6, 6.07) is 4.53. The number of nitrogens with zero attached hydrogens (tertiary/aromatic N) is 1. The number of amides is 1. The predicted molar refractivity (Wildman–Crippen MR) is 84.6 cm³/mol. The first kappa shape index (κ1) is 16.0. The first-order valence-electron chi connectivity index (χ1n) is 6.68. The minimum Gasteiger partial charge on any atom is -0.462 e. The third-order valence-electron chi connectivity index (χ3n) is 2.98. The average molecular weight is 320 g/mol. The van der Waals surface area contributed by atoms with E-state index in [2.05, 4.69) is 5.32 Å². The van der Waals surface area contributed by atoms with Gasteiger partial charge in [-0.15, -0.1) is 11.3 Å². The van der Waals surface area contributed by atoms with Gasteiger partial charge >= 0.3 is 5.97 Å². The zero-order chi connectivity index (χ0) is 16.3. The molecule has 0 unspecified atom stereocenters. The molecule has 0 aliphatic carbocycles. The standard InChI is InChI=1S/C15H16N2O4S/c1-4-21-15(20)13-9(2)7-11(22-13)16-14(19)10-5-6-17(3)12(18)8-10/h5-8H,4H2,1-3H3,(H,16,19). The van der Waals surface area contributed by atoms with Gasteiger partial charge in [0.05, 0.1) is 11.6 Å². The van der Waals surface area contributed by atoms with Gasteiger partial charge in [0, 0.05) is 24.9 Å². The highest BCUT2D eigenvalue weighted by Crippen LogP contribution is 2.27. The summed E-state index contributed by atoms with van der Waals surface area (Å²) in [7, 11) is 1.61. The van der Waals surface area contributed by atoms with E-state index in [1.165, 1.54) is 16.8 Å². The molecule has 0 saturated carbocycles. The van der Waals surface area contributed by atoms with Crippen LogP contribution in [0.1, 0.15) is 32.5 Å². The zero-order valence-corrected chi connectivity index (χ0v) is 13.3. The fourth-order valence-corrected chi connectivity index (χ4v) is 2.78. The second-order valence-corrected chi connectivity index (χ2v) is 5.71. The Kier molecular flexibility index (Phi) is 4.77. The van der Waals surface area contributed by atoms with Gasteiger partial charge < -0.3 is 14.6 Å². The van der Waals surface area contributed by atoms with Crippen LogP contribution in [-0.4, -0.2) is 23.1 Å². The number of carbonyl (C=O) groups excluding carboxylic acids is 2. The van der Waals surface area contributed by atoms with E-state index >= 15 is 0 Å². The molecular weight excluding hydrogens is 304 g/mol. The summed E-state index contributed by atoms with van der Waals surface area (Å²) >= 11 is 1.15.